The molecule has 2 nitrogen and oxygen atoms in total. The van der Waals surface area contributed by atoms with Gasteiger partial charge in [0.05, 0.1) is 0 Å². The Kier molecular flexibility index (Phi) is 11.9. The average Bonchev–Trinajstić information content (AvgIpc) is 2.24. The molecule has 1 atom stereocenters. The highest BCUT2D eigenvalue weighted by atomic mass is 16.5. The van der Waals surface area contributed by atoms with E-state index in [4.69, 9.17) is 10.5 Å². The van der Waals surface area contributed by atoms with Gasteiger partial charge in [0.25, 0.3) is 0 Å². The van der Waals surface area contributed by atoms with E-state index in [0.29, 0.717) is 0 Å². The Morgan fingerprint density at radius 2 is 1.80 bits per heavy atom. The van der Waals surface area contributed by atoms with E-state index in [9.17, 15) is 0 Å². The zero-order valence-corrected chi connectivity index (χ0v) is 10.6. The van der Waals surface area contributed by atoms with Crippen LogP contribution in [0, 0.1) is 5.92 Å². The molecule has 0 heterocycles. The summed E-state index contributed by atoms with van der Waals surface area (Å²) < 4.78 is 5.64. The third-order valence-corrected chi connectivity index (χ3v) is 2.76. The number of nitrogens with two attached hydrogens (primary N) is 1. The van der Waals surface area contributed by atoms with Crippen LogP contribution >= 0.6 is 0 Å². The Bertz CT molecular complexity index is 117. The zero-order valence-electron chi connectivity index (χ0n) is 10.6. The predicted octanol–water partition coefficient (Wildman–Crippen LogP) is 3.35. The van der Waals surface area contributed by atoms with Crippen molar-refractivity contribution in [1.82, 2.24) is 0 Å². The molecule has 0 spiro atoms. The van der Waals surface area contributed by atoms with Crippen molar-refractivity contribution < 1.29 is 4.74 Å². The maximum absolute atomic E-state index is 5.64. The summed E-state index contributed by atoms with van der Waals surface area (Å²) in [4.78, 5) is 0. The van der Waals surface area contributed by atoms with Crippen LogP contribution in [0.1, 0.15) is 58.8 Å². The molecule has 0 aromatic carbocycles. The summed E-state index contributed by atoms with van der Waals surface area (Å²) in [5.74, 6) is 0.777. The summed E-state index contributed by atoms with van der Waals surface area (Å²) in [6.45, 7) is 7.04. The van der Waals surface area contributed by atoms with E-state index in [1.165, 1.54) is 38.5 Å². The first-order chi connectivity index (χ1) is 7.35. The van der Waals surface area contributed by atoms with Gasteiger partial charge in [0.1, 0.15) is 0 Å². The van der Waals surface area contributed by atoms with Crippen molar-refractivity contribution in [3.8, 4) is 0 Å². The quantitative estimate of drug-likeness (QED) is 0.536. The summed E-state index contributed by atoms with van der Waals surface area (Å²) in [5.41, 5.74) is 5.42. The second-order valence-electron chi connectivity index (χ2n) is 4.37. The summed E-state index contributed by atoms with van der Waals surface area (Å²) in [7, 11) is 0. The second kappa shape index (κ2) is 12.0. The summed E-state index contributed by atoms with van der Waals surface area (Å²) >= 11 is 0. The van der Waals surface area contributed by atoms with Gasteiger partial charge < -0.3 is 10.5 Å². The SMILES string of the molecule is CCCCCC(CCC)COCCCN. The molecule has 0 saturated heterocycles. The smallest absolute Gasteiger partial charge is 0.0494 e. The average molecular weight is 215 g/mol. The van der Waals surface area contributed by atoms with Crippen molar-refractivity contribution in [1.29, 1.82) is 0 Å². The Morgan fingerprint density at radius 3 is 2.40 bits per heavy atom. The van der Waals surface area contributed by atoms with Gasteiger partial charge in [0.15, 0.2) is 0 Å². The molecule has 2 N–H and O–H groups in total. The van der Waals surface area contributed by atoms with Crippen LogP contribution in [-0.2, 0) is 4.74 Å². The Morgan fingerprint density at radius 1 is 1.00 bits per heavy atom. The van der Waals surface area contributed by atoms with E-state index in [2.05, 4.69) is 13.8 Å². The van der Waals surface area contributed by atoms with Crippen LogP contribution in [0.5, 0.6) is 0 Å². The van der Waals surface area contributed by atoms with Crippen molar-refractivity contribution in [2.45, 2.75) is 58.8 Å². The fourth-order valence-electron chi connectivity index (χ4n) is 1.84. The summed E-state index contributed by atoms with van der Waals surface area (Å²) in [5, 5.41) is 0. The molecule has 0 rings (SSSR count). The highest BCUT2D eigenvalue weighted by molar-refractivity contribution is 4.58. The van der Waals surface area contributed by atoms with E-state index in [1.54, 1.807) is 0 Å². The molecular weight excluding hydrogens is 186 g/mol. The molecule has 0 aromatic heterocycles. The maximum Gasteiger partial charge on any atom is 0.0494 e. The lowest BCUT2D eigenvalue weighted by molar-refractivity contribution is 0.0911. The molecule has 1 unspecified atom stereocenters. The fraction of sp³-hybridized carbons (Fsp3) is 1.00. The van der Waals surface area contributed by atoms with Gasteiger partial charge in [-0.05, 0) is 31.7 Å². The van der Waals surface area contributed by atoms with E-state index in [1.807, 2.05) is 0 Å². The minimum atomic E-state index is 0.744. The molecule has 0 saturated carbocycles. The van der Waals surface area contributed by atoms with E-state index >= 15 is 0 Å². The Hall–Kier alpha value is -0.0800. The topological polar surface area (TPSA) is 35.2 Å². The Labute approximate surface area is 95.6 Å². The van der Waals surface area contributed by atoms with Crippen LogP contribution in [0.25, 0.3) is 0 Å². The monoisotopic (exact) mass is 215 g/mol. The highest BCUT2D eigenvalue weighted by Gasteiger charge is 2.07. The van der Waals surface area contributed by atoms with Crippen LogP contribution < -0.4 is 5.73 Å². The van der Waals surface area contributed by atoms with Gasteiger partial charge in [-0.1, -0.05) is 39.5 Å². The normalized spacial score (nSPS) is 13.0. The lowest BCUT2D eigenvalue weighted by atomic mass is 9.97. The standard InChI is InChI=1S/C13H29NO/c1-3-5-6-9-13(8-4-2)12-15-11-7-10-14/h13H,3-12,14H2,1-2H3. The Balaban J connectivity index is 3.44. The first-order valence-corrected chi connectivity index (χ1v) is 6.62. The van der Waals surface area contributed by atoms with Gasteiger partial charge in [0, 0.05) is 13.2 Å². The first kappa shape index (κ1) is 14.9. The van der Waals surface area contributed by atoms with Crippen molar-refractivity contribution in [3.63, 3.8) is 0 Å². The molecular formula is C13H29NO. The molecule has 15 heavy (non-hydrogen) atoms. The summed E-state index contributed by atoms with van der Waals surface area (Å²) in [6.07, 6.45) is 8.96. The molecule has 0 aliphatic rings. The molecule has 0 aliphatic heterocycles. The minimum Gasteiger partial charge on any atom is -0.381 e. The lowest BCUT2D eigenvalue weighted by Crippen LogP contribution is -2.12. The van der Waals surface area contributed by atoms with Crippen molar-refractivity contribution in [2.75, 3.05) is 19.8 Å². The van der Waals surface area contributed by atoms with Crippen LogP contribution in [0.4, 0.5) is 0 Å². The van der Waals surface area contributed by atoms with Gasteiger partial charge >= 0.3 is 0 Å². The zero-order chi connectivity index (χ0) is 11.4. The van der Waals surface area contributed by atoms with E-state index in [-0.39, 0.29) is 0 Å². The minimum absolute atomic E-state index is 0.744. The third-order valence-electron chi connectivity index (χ3n) is 2.76. The summed E-state index contributed by atoms with van der Waals surface area (Å²) in [6, 6.07) is 0. The van der Waals surface area contributed by atoms with Crippen molar-refractivity contribution >= 4 is 0 Å². The number of hydrogen-bond acceptors (Lipinski definition) is 2. The third kappa shape index (κ3) is 10.2. The van der Waals surface area contributed by atoms with Gasteiger partial charge in [-0.2, -0.15) is 0 Å². The van der Waals surface area contributed by atoms with Crippen LogP contribution in [-0.4, -0.2) is 19.8 Å². The molecule has 2 heteroatoms. The number of hydrogen-bond donors (Lipinski definition) is 1. The molecule has 0 bridgehead atoms. The van der Waals surface area contributed by atoms with Gasteiger partial charge in [-0.3, -0.25) is 0 Å². The first-order valence-electron chi connectivity index (χ1n) is 6.62. The van der Waals surface area contributed by atoms with Crippen LogP contribution in [0.2, 0.25) is 0 Å². The van der Waals surface area contributed by atoms with Gasteiger partial charge in [-0.15, -0.1) is 0 Å². The van der Waals surface area contributed by atoms with Crippen molar-refractivity contribution in [2.24, 2.45) is 11.7 Å². The van der Waals surface area contributed by atoms with Gasteiger partial charge in [0.2, 0.25) is 0 Å². The van der Waals surface area contributed by atoms with E-state index < -0.39 is 0 Å². The van der Waals surface area contributed by atoms with Crippen molar-refractivity contribution in [3.05, 3.63) is 0 Å². The number of rotatable bonds is 11. The van der Waals surface area contributed by atoms with E-state index in [0.717, 1.165) is 32.1 Å². The highest BCUT2D eigenvalue weighted by Crippen LogP contribution is 2.16. The molecule has 0 amide bonds. The molecule has 0 aliphatic carbocycles. The molecule has 92 valence electrons. The fourth-order valence-corrected chi connectivity index (χ4v) is 1.84. The maximum atomic E-state index is 5.64. The largest absolute Gasteiger partial charge is 0.381 e. The predicted molar refractivity (Wildman–Crippen MR) is 67.0 cm³/mol. The van der Waals surface area contributed by atoms with Crippen LogP contribution in [0.3, 0.4) is 0 Å². The van der Waals surface area contributed by atoms with Gasteiger partial charge in [-0.25, -0.2) is 0 Å². The number of ether oxygens (including phenoxy) is 1. The lowest BCUT2D eigenvalue weighted by Gasteiger charge is -2.16. The number of unbranched alkanes of at least 4 members (excludes halogenated alkanes) is 2. The second-order valence-corrected chi connectivity index (χ2v) is 4.37. The molecule has 0 radical (unpaired) electrons. The van der Waals surface area contributed by atoms with Crippen LogP contribution in [0.15, 0.2) is 0 Å². The molecule has 0 aromatic rings. The molecule has 0 fully saturated rings.